The standard InChI is InChI=1S/C5H12FN2O2PS2/c1-7(5(6)9)13-8(2)11(4,12)10-3/h1-4H3. The number of carbonyl (C=O) groups excluding carboxylic acids is 1. The third kappa shape index (κ3) is 4.37. The first kappa shape index (κ1) is 13.3. The van der Waals surface area contributed by atoms with Gasteiger partial charge in [0.05, 0.1) is 12.1 Å². The topological polar surface area (TPSA) is 32.8 Å². The predicted molar refractivity (Wildman–Crippen MR) is 56.8 cm³/mol. The Morgan fingerprint density at radius 3 is 2.38 bits per heavy atom. The van der Waals surface area contributed by atoms with Gasteiger partial charge in [-0.1, -0.05) is 0 Å². The van der Waals surface area contributed by atoms with Crippen LogP contribution in [0.4, 0.5) is 9.18 Å². The fourth-order valence-electron chi connectivity index (χ4n) is 0.391. The molecule has 0 radical (unpaired) electrons. The van der Waals surface area contributed by atoms with Crippen molar-refractivity contribution in [3.63, 3.8) is 0 Å². The smallest absolute Gasteiger partial charge is 0.341 e. The maximum absolute atomic E-state index is 12.1. The molecular formula is C5H12FN2O2PS2. The molecular weight excluding hydrogens is 234 g/mol. The van der Waals surface area contributed by atoms with E-state index in [0.29, 0.717) is 0 Å². The van der Waals surface area contributed by atoms with Crippen LogP contribution in [0.1, 0.15) is 0 Å². The van der Waals surface area contributed by atoms with Crippen molar-refractivity contribution >= 4 is 36.5 Å². The molecule has 0 aliphatic rings. The minimum Gasteiger partial charge on any atom is -0.341 e. The highest BCUT2D eigenvalue weighted by atomic mass is 32.5. The summed E-state index contributed by atoms with van der Waals surface area (Å²) < 4.78 is 19.6. The van der Waals surface area contributed by atoms with Crippen LogP contribution in [-0.4, -0.2) is 42.4 Å². The van der Waals surface area contributed by atoms with Crippen molar-refractivity contribution in [3.8, 4) is 0 Å². The average molecular weight is 246 g/mol. The van der Waals surface area contributed by atoms with Crippen molar-refractivity contribution in [1.82, 2.24) is 8.38 Å². The van der Waals surface area contributed by atoms with Crippen molar-refractivity contribution in [1.29, 1.82) is 0 Å². The SMILES string of the molecule is COP(C)(=S)N(C)SN(C)C(=O)F. The van der Waals surface area contributed by atoms with Gasteiger partial charge in [-0.25, -0.2) is 9.10 Å². The Morgan fingerprint density at radius 2 is 2.08 bits per heavy atom. The zero-order valence-electron chi connectivity index (χ0n) is 7.85. The number of hydrogen-bond acceptors (Lipinski definition) is 4. The Balaban J connectivity index is 4.23. The van der Waals surface area contributed by atoms with Crippen LogP contribution < -0.4 is 0 Å². The highest BCUT2D eigenvalue weighted by Crippen LogP contribution is 2.49. The molecule has 0 spiro atoms. The number of carbonyl (C=O) groups is 1. The first-order valence-corrected chi connectivity index (χ1v) is 7.15. The molecule has 0 rings (SSSR count). The fraction of sp³-hybridized carbons (Fsp3) is 0.800. The van der Waals surface area contributed by atoms with Gasteiger partial charge in [0.25, 0.3) is 0 Å². The van der Waals surface area contributed by atoms with E-state index in [-0.39, 0.29) is 0 Å². The van der Waals surface area contributed by atoms with Crippen molar-refractivity contribution in [2.24, 2.45) is 0 Å². The van der Waals surface area contributed by atoms with Crippen molar-refractivity contribution < 1.29 is 13.7 Å². The van der Waals surface area contributed by atoms with Gasteiger partial charge in [0.2, 0.25) is 0 Å². The van der Waals surface area contributed by atoms with Gasteiger partial charge in [-0.3, -0.25) is 0 Å². The van der Waals surface area contributed by atoms with E-state index in [0.717, 1.165) is 16.4 Å². The van der Waals surface area contributed by atoms with Gasteiger partial charge < -0.3 is 4.52 Å². The zero-order valence-corrected chi connectivity index (χ0v) is 10.4. The number of halogens is 1. The van der Waals surface area contributed by atoms with Crippen LogP contribution >= 0.6 is 18.5 Å². The number of nitrogens with zero attached hydrogens (tertiary/aromatic N) is 2. The summed E-state index contributed by atoms with van der Waals surface area (Å²) in [5, 5.41) is 0. The highest BCUT2D eigenvalue weighted by molar-refractivity contribution is 8.16. The van der Waals surface area contributed by atoms with Gasteiger partial charge in [0.1, 0.15) is 6.42 Å². The summed E-state index contributed by atoms with van der Waals surface area (Å²) in [5.74, 6) is 0. The lowest BCUT2D eigenvalue weighted by molar-refractivity contribution is 0.209. The second kappa shape index (κ2) is 5.26. The zero-order chi connectivity index (χ0) is 10.6. The van der Waals surface area contributed by atoms with Gasteiger partial charge in [0, 0.05) is 27.9 Å². The number of rotatable bonds is 4. The van der Waals surface area contributed by atoms with E-state index in [1.54, 1.807) is 17.8 Å². The molecule has 0 saturated heterocycles. The Kier molecular flexibility index (Phi) is 5.39. The molecule has 1 amide bonds. The molecule has 0 aromatic carbocycles. The average Bonchev–Trinajstić information content (AvgIpc) is 2.04. The first-order valence-electron chi connectivity index (χ1n) is 3.30. The largest absolute Gasteiger partial charge is 0.410 e. The number of amides is 1. The summed E-state index contributed by atoms with van der Waals surface area (Å²) in [7, 11) is 4.48. The van der Waals surface area contributed by atoms with E-state index in [2.05, 4.69) is 0 Å². The minimum absolute atomic E-state index is 0.851. The maximum Gasteiger partial charge on any atom is 0.410 e. The van der Waals surface area contributed by atoms with E-state index in [1.165, 1.54) is 14.2 Å². The lowest BCUT2D eigenvalue weighted by Crippen LogP contribution is -2.19. The van der Waals surface area contributed by atoms with Crippen LogP contribution in [0.5, 0.6) is 0 Å². The molecule has 8 heteroatoms. The normalized spacial score (nSPS) is 15.5. The number of hydrogen-bond donors (Lipinski definition) is 0. The van der Waals surface area contributed by atoms with Crippen molar-refractivity contribution in [2.45, 2.75) is 0 Å². The second-order valence-electron chi connectivity index (χ2n) is 2.28. The quantitative estimate of drug-likeness (QED) is 0.328. The van der Waals surface area contributed by atoms with Crippen molar-refractivity contribution in [3.05, 3.63) is 0 Å². The molecule has 0 heterocycles. The molecule has 0 aliphatic carbocycles. The Bertz CT molecular complexity index is 241. The van der Waals surface area contributed by atoms with Gasteiger partial charge in [-0.05, 0) is 11.8 Å². The van der Waals surface area contributed by atoms with E-state index in [9.17, 15) is 9.18 Å². The van der Waals surface area contributed by atoms with E-state index >= 15 is 0 Å². The van der Waals surface area contributed by atoms with Gasteiger partial charge in [-0.2, -0.15) is 4.08 Å². The van der Waals surface area contributed by atoms with Crippen LogP contribution in [0.25, 0.3) is 0 Å². The summed E-state index contributed by atoms with van der Waals surface area (Å²) in [6.07, 6.45) is -3.60. The highest BCUT2D eigenvalue weighted by Gasteiger charge is 2.20. The van der Waals surface area contributed by atoms with E-state index in [4.69, 9.17) is 16.3 Å². The van der Waals surface area contributed by atoms with Crippen LogP contribution in [-0.2, 0) is 16.3 Å². The molecule has 1 atom stereocenters. The van der Waals surface area contributed by atoms with Crippen LogP contribution in [0.15, 0.2) is 0 Å². The molecule has 1 unspecified atom stereocenters. The van der Waals surface area contributed by atoms with Crippen LogP contribution in [0.3, 0.4) is 0 Å². The van der Waals surface area contributed by atoms with E-state index < -0.39 is 12.6 Å². The molecule has 0 aromatic heterocycles. The Hall–Kier alpha value is 0.320. The molecule has 0 saturated carbocycles. The Labute approximate surface area is 86.8 Å². The molecule has 0 N–H and O–H groups in total. The minimum atomic E-state index is -2.09. The molecule has 0 bridgehead atoms. The molecule has 78 valence electrons. The second-order valence-corrected chi connectivity index (χ2v) is 8.41. The molecule has 0 aromatic rings. The molecule has 0 fully saturated rings. The van der Waals surface area contributed by atoms with E-state index in [1.807, 2.05) is 0 Å². The van der Waals surface area contributed by atoms with Gasteiger partial charge >= 0.3 is 6.16 Å². The third-order valence-electron chi connectivity index (χ3n) is 1.34. The van der Waals surface area contributed by atoms with Gasteiger partial charge in [0.15, 0.2) is 0 Å². The summed E-state index contributed by atoms with van der Waals surface area (Å²) in [5.41, 5.74) is 0. The monoisotopic (exact) mass is 246 g/mol. The maximum atomic E-state index is 12.1. The van der Waals surface area contributed by atoms with Crippen LogP contribution in [0.2, 0.25) is 0 Å². The van der Waals surface area contributed by atoms with Gasteiger partial charge in [-0.15, -0.1) is 4.39 Å². The third-order valence-corrected chi connectivity index (χ3v) is 6.31. The van der Waals surface area contributed by atoms with Crippen molar-refractivity contribution in [2.75, 3.05) is 27.9 Å². The predicted octanol–water partition coefficient (Wildman–Crippen LogP) is 2.09. The Morgan fingerprint density at radius 1 is 1.62 bits per heavy atom. The molecule has 4 nitrogen and oxygen atoms in total. The molecule has 0 aliphatic heterocycles. The fourth-order valence-corrected chi connectivity index (χ4v) is 2.37. The summed E-state index contributed by atoms with van der Waals surface area (Å²) in [4.78, 5) is 10.2. The lowest BCUT2D eigenvalue weighted by Gasteiger charge is -2.27. The summed E-state index contributed by atoms with van der Waals surface area (Å²) in [6, 6.07) is 0. The summed E-state index contributed by atoms with van der Waals surface area (Å²) in [6.45, 7) is 1.74. The van der Waals surface area contributed by atoms with Crippen LogP contribution in [0, 0.1) is 0 Å². The summed E-state index contributed by atoms with van der Waals surface area (Å²) >= 11 is 6.01. The lowest BCUT2D eigenvalue weighted by atomic mass is 11.2. The first-order chi connectivity index (χ1) is 5.81. The molecule has 13 heavy (non-hydrogen) atoms.